The maximum Gasteiger partial charge on any atom is 0.705 e. The zero-order valence-electron chi connectivity index (χ0n) is 20.2. The van der Waals surface area contributed by atoms with E-state index in [1.165, 1.54) is 0 Å². The molecule has 2 rings (SSSR count). The van der Waals surface area contributed by atoms with Gasteiger partial charge in [-0.1, -0.05) is 13.8 Å². The average molecular weight is 483 g/mol. The molecule has 1 heterocycles. The highest BCUT2D eigenvalue weighted by atomic mass is 28.4. The number of carbonyl (C=O) groups is 3. The first-order valence-electron chi connectivity index (χ1n) is 11.1. The lowest BCUT2D eigenvalue weighted by Crippen LogP contribution is -2.49. The summed E-state index contributed by atoms with van der Waals surface area (Å²) in [5, 5.41) is 0. The van der Waals surface area contributed by atoms with Crippen LogP contribution in [0.25, 0.3) is 0 Å². The summed E-state index contributed by atoms with van der Waals surface area (Å²) in [5.41, 5.74) is 0.887. The summed E-state index contributed by atoms with van der Waals surface area (Å²) in [6.07, 6.45) is 2.14. The lowest BCUT2D eigenvalue weighted by molar-refractivity contribution is -0.199. The summed E-state index contributed by atoms with van der Waals surface area (Å²) in [5.74, 6) is -0.772. The minimum atomic E-state index is -3.85. The first-order chi connectivity index (χ1) is 15.4. The summed E-state index contributed by atoms with van der Waals surface area (Å²) in [6.45, 7) is 10.4. The highest BCUT2D eigenvalue weighted by Gasteiger charge is 2.51. The smallest absolute Gasteiger partial charge is 0.494 e. The van der Waals surface area contributed by atoms with Crippen LogP contribution in [-0.2, 0) is 39.0 Å². The standard InChI is InChI=1S/C23H34O9Si/c1-16(2)10-11-23(6)28-15-20-14-21(8-9-22(20)29-23)27-12-7-13-33(30-17(3)24,31-18(4)25)32-19(5)26/h8-9,14,16H,7,10-13,15H2,1-6H3. The van der Waals surface area contributed by atoms with Gasteiger partial charge in [-0.2, -0.15) is 0 Å². The molecule has 1 atom stereocenters. The van der Waals surface area contributed by atoms with Crippen molar-refractivity contribution in [1.82, 2.24) is 0 Å². The van der Waals surface area contributed by atoms with E-state index in [-0.39, 0.29) is 12.7 Å². The summed E-state index contributed by atoms with van der Waals surface area (Å²) in [6, 6.07) is 5.57. The van der Waals surface area contributed by atoms with Crippen molar-refractivity contribution in [3.05, 3.63) is 23.8 Å². The van der Waals surface area contributed by atoms with Gasteiger partial charge >= 0.3 is 8.80 Å². The third-order valence-corrected chi connectivity index (χ3v) is 7.62. The predicted octanol–water partition coefficient (Wildman–Crippen LogP) is 4.15. The quantitative estimate of drug-likeness (QED) is 0.340. The zero-order valence-corrected chi connectivity index (χ0v) is 21.2. The fourth-order valence-electron chi connectivity index (χ4n) is 3.38. The number of ether oxygens (including phenoxy) is 3. The second kappa shape index (κ2) is 11.5. The Morgan fingerprint density at radius 3 is 2.21 bits per heavy atom. The molecular weight excluding hydrogens is 448 g/mol. The van der Waals surface area contributed by atoms with Gasteiger partial charge < -0.3 is 27.5 Å². The normalized spacial score (nSPS) is 17.5. The fourth-order valence-corrected chi connectivity index (χ4v) is 5.70. The third-order valence-electron chi connectivity index (χ3n) is 4.86. The zero-order chi connectivity index (χ0) is 24.6. The van der Waals surface area contributed by atoms with E-state index < -0.39 is 32.5 Å². The van der Waals surface area contributed by atoms with Gasteiger partial charge in [-0.3, -0.25) is 14.4 Å². The molecular formula is C23H34O9Si. The van der Waals surface area contributed by atoms with Crippen molar-refractivity contribution < 1.29 is 41.9 Å². The lowest BCUT2D eigenvalue weighted by Gasteiger charge is -2.36. The van der Waals surface area contributed by atoms with Crippen molar-refractivity contribution >= 4 is 26.7 Å². The van der Waals surface area contributed by atoms with Crippen LogP contribution >= 0.6 is 0 Å². The van der Waals surface area contributed by atoms with Crippen LogP contribution in [-0.4, -0.2) is 39.1 Å². The Morgan fingerprint density at radius 1 is 1.06 bits per heavy atom. The Morgan fingerprint density at radius 2 is 1.67 bits per heavy atom. The largest absolute Gasteiger partial charge is 0.705 e. The van der Waals surface area contributed by atoms with Crippen LogP contribution in [0.15, 0.2) is 18.2 Å². The van der Waals surface area contributed by atoms with E-state index in [0.29, 0.717) is 24.7 Å². The molecule has 0 aliphatic carbocycles. The molecule has 0 aromatic heterocycles. The lowest BCUT2D eigenvalue weighted by atomic mass is 10.0. The number of hydrogen-bond acceptors (Lipinski definition) is 9. The minimum absolute atomic E-state index is 0.0527. The van der Waals surface area contributed by atoms with Crippen LogP contribution in [0, 0.1) is 5.92 Å². The predicted molar refractivity (Wildman–Crippen MR) is 120 cm³/mol. The van der Waals surface area contributed by atoms with Gasteiger partial charge in [0.05, 0.1) is 19.3 Å². The van der Waals surface area contributed by atoms with Crippen molar-refractivity contribution in [2.45, 2.75) is 79.2 Å². The highest BCUT2D eigenvalue weighted by Crippen LogP contribution is 2.36. The number of rotatable bonds is 11. The van der Waals surface area contributed by atoms with Crippen LogP contribution in [0.4, 0.5) is 0 Å². The molecule has 184 valence electrons. The van der Waals surface area contributed by atoms with E-state index in [1.54, 1.807) is 0 Å². The highest BCUT2D eigenvalue weighted by molar-refractivity contribution is 6.65. The minimum Gasteiger partial charge on any atom is -0.494 e. The summed E-state index contributed by atoms with van der Waals surface area (Å²) >= 11 is 0. The summed E-state index contributed by atoms with van der Waals surface area (Å²) in [7, 11) is -3.85. The van der Waals surface area contributed by atoms with Gasteiger partial charge in [0, 0.05) is 39.7 Å². The maximum absolute atomic E-state index is 11.5. The topological polar surface area (TPSA) is 107 Å². The molecule has 0 N–H and O–H groups in total. The van der Waals surface area contributed by atoms with Crippen LogP contribution in [0.1, 0.15) is 66.4 Å². The van der Waals surface area contributed by atoms with E-state index in [9.17, 15) is 14.4 Å². The monoisotopic (exact) mass is 482 g/mol. The Bertz CT molecular complexity index is 814. The first kappa shape index (κ1) is 26.7. The molecule has 0 saturated carbocycles. The number of fused-ring (bicyclic) bond motifs is 1. The van der Waals surface area contributed by atoms with E-state index in [0.717, 1.165) is 44.9 Å². The SMILES string of the molecule is CC(=O)O[Si](CCCOc1ccc2c(c1)COC(C)(CCC(C)C)O2)(OC(C)=O)OC(C)=O. The third kappa shape index (κ3) is 8.69. The summed E-state index contributed by atoms with van der Waals surface area (Å²) < 4.78 is 33.3. The second-order valence-corrected chi connectivity index (χ2v) is 11.1. The molecule has 9 nitrogen and oxygen atoms in total. The molecule has 0 bridgehead atoms. The summed E-state index contributed by atoms with van der Waals surface area (Å²) in [4.78, 5) is 34.5. The van der Waals surface area contributed by atoms with Crippen molar-refractivity contribution in [3.63, 3.8) is 0 Å². The van der Waals surface area contributed by atoms with E-state index in [1.807, 2.05) is 25.1 Å². The molecule has 1 unspecified atom stereocenters. The van der Waals surface area contributed by atoms with E-state index in [4.69, 9.17) is 27.5 Å². The molecule has 0 saturated heterocycles. The number of hydrogen-bond donors (Lipinski definition) is 0. The molecule has 1 aliphatic rings. The van der Waals surface area contributed by atoms with Gasteiger partial charge in [0.15, 0.2) is 0 Å². The van der Waals surface area contributed by atoms with Crippen LogP contribution in [0.2, 0.25) is 6.04 Å². The number of carbonyl (C=O) groups excluding carboxylic acids is 3. The molecule has 0 amide bonds. The maximum atomic E-state index is 11.5. The van der Waals surface area contributed by atoms with Gasteiger partial charge in [0.2, 0.25) is 5.79 Å². The molecule has 0 spiro atoms. The van der Waals surface area contributed by atoms with Crippen LogP contribution in [0.3, 0.4) is 0 Å². The molecule has 10 heteroatoms. The van der Waals surface area contributed by atoms with Crippen molar-refractivity contribution in [1.29, 1.82) is 0 Å². The van der Waals surface area contributed by atoms with E-state index in [2.05, 4.69) is 13.8 Å². The van der Waals surface area contributed by atoms with Crippen LogP contribution in [0.5, 0.6) is 11.5 Å². The molecule has 0 fully saturated rings. The molecule has 1 aromatic rings. The second-order valence-electron chi connectivity index (χ2n) is 8.64. The van der Waals surface area contributed by atoms with Gasteiger partial charge in [-0.05, 0) is 37.0 Å². The van der Waals surface area contributed by atoms with Gasteiger partial charge in [0.25, 0.3) is 17.9 Å². The first-order valence-corrected chi connectivity index (χ1v) is 13.0. The number of benzene rings is 1. The molecule has 1 aliphatic heterocycles. The van der Waals surface area contributed by atoms with Crippen molar-refractivity contribution in [2.75, 3.05) is 6.61 Å². The van der Waals surface area contributed by atoms with E-state index >= 15 is 0 Å². The Balaban J connectivity index is 1.96. The fraction of sp³-hybridized carbons (Fsp3) is 0.609. The van der Waals surface area contributed by atoms with Gasteiger partial charge in [0.1, 0.15) is 11.5 Å². The molecule has 33 heavy (non-hydrogen) atoms. The Hall–Kier alpha value is -2.59. The van der Waals surface area contributed by atoms with Crippen LogP contribution < -0.4 is 9.47 Å². The average Bonchev–Trinajstić information content (AvgIpc) is 2.68. The Labute approximate surface area is 196 Å². The van der Waals surface area contributed by atoms with Crippen molar-refractivity contribution in [2.24, 2.45) is 5.92 Å². The van der Waals surface area contributed by atoms with Gasteiger partial charge in [-0.15, -0.1) is 0 Å². The molecule has 0 radical (unpaired) electrons. The molecule has 1 aromatic carbocycles. The van der Waals surface area contributed by atoms with Crippen molar-refractivity contribution in [3.8, 4) is 11.5 Å². The van der Waals surface area contributed by atoms with Gasteiger partial charge in [-0.25, -0.2) is 0 Å². The Kier molecular flexibility index (Phi) is 9.30.